The van der Waals surface area contributed by atoms with Crippen LogP contribution in [-0.4, -0.2) is 226 Å². The predicted octanol–water partition coefficient (Wildman–Crippen LogP) is -3.40. The lowest BCUT2D eigenvalue weighted by molar-refractivity contribution is -0.139. The Morgan fingerprint density at radius 2 is 1.51 bits per heavy atom. The number of nitrogens with one attached hydrogen (secondary N) is 12. The molecule has 2 unspecified atom stereocenters. The second-order valence-electron chi connectivity index (χ2n) is 22.9. The van der Waals surface area contributed by atoms with Gasteiger partial charge in [0.05, 0.1) is 73.8 Å². The van der Waals surface area contributed by atoms with Crippen LogP contribution in [0.25, 0.3) is 10.9 Å². The summed E-state index contributed by atoms with van der Waals surface area (Å²) < 4.78 is 0. The fourth-order valence-electron chi connectivity index (χ4n) is 10.4. The number of likely N-dealkylation sites (N-methyl/N-ethyl adjacent to an activating group) is 1. The van der Waals surface area contributed by atoms with Crippen LogP contribution in [-0.2, 0) is 75.3 Å². The summed E-state index contributed by atoms with van der Waals surface area (Å²) in [4.78, 5) is 174. The van der Waals surface area contributed by atoms with Crippen molar-refractivity contribution in [3.63, 3.8) is 0 Å². The number of carbonyl (C=O) groups is 13. The van der Waals surface area contributed by atoms with E-state index in [9.17, 15) is 77.6 Å². The molecule has 3 aromatic rings. The van der Waals surface area contributed by atoms with Gasteiger partial charge in [0, 0.05) is 74.0 Å². The number of nitrogens with zero attached hydrogens (tertiary/aromatic N) is 2. The Morgan fingerprint density at radius 3 is 2.15 bits per heavy atom. The third-order valence-electron chi connectivity index (χ3n) is 16.0. The van der Waals surface area contributed by atoms with E-state index in [1.165, 1.54) is 44.5 Å². The van der Waals surface area contributed by atoms with Crippen molar-refractivity contribution in [1.82, 2.24) is 68.0 Å². The molecule has 5 rings (SSSR count). The Morgan fingerprint density at radius 1 is 0.837 bits per heavy atom. The average molecular weight is 1320 g/mol. The van der Waals surface area contributed by atoms with Gasteiger partial charge in [0.15, 0.2) is 0 Å². The standard InChI is InChI=1S/C60H86N14O16S2/c1-8-32(2)51(54(86)66-27-47(81)62-18-20-75)71-49(83)29-67-59(90)60(5,24-40-39-11-9-10-12-41(39)70-56(40)92-7)72-55(87)52(33(3)43(78)31-76)65-26-37-21-38(77)30-74(37)57(88)42(61-6)22-46(80)63-25-35-13-15-36(16-14-35)69-53(85)34(4)68-48(82)28-64-45(79)17-19-73-50(84)23-44(91)58(73)89/h9-16,20,32-34,37-38,42-44,51-52,61,65,70,76-78,91H,8,17-19,21-31H2,1-7H3,(H,62,81)(H,63,80)(H,64,79)(H,66,86)(H,67,90)(H,68,82)(H,69,85)(H,71,83)(H,72,87)/t32-,33-,34-,37-,38+,42-,43-,44?,51-,52-,60?/m0/s1. The van der Waals surface area contributed by atoms with Gasteiger partial charge in [0.25, 0.3) is 0 Å². The number of amides is 12. The minimum atomic E-state index is -1.86. The number of hydrogen-bond acceptors (Lipinski definition) is 20. The molecule has 92 heavy (non-hydrogen) atoms. The number of aromatic nitrogens is 1. The number of para-hydroxylation sites is 1. The lowest BCUT2D eigenvalue weighted by Gasteiger charge is -2.35. The minimum Gasteiger partial charge on any atom is -0.394 e. The highest BCUT2D eigenvalue weighted by Gasteiger charge is 2.43. The van der Waals surface area contributed by atoms with Crippen molar-refractivity contribution in [2.45, 2.75) is 138 Å². The molecule has 0 aliphatic carbocycles. The first-order chi connectivity index (χ1) is 43.7. The number of fused-ring (bicyclic) bond motifs is 1. The van der Waals surface area contributed by atoms with Crippen LogP contribution in [0.2, 0.25) is 0 Å². The number of imide groups is 1. The smallest absolute Gasteiger partial charge is 0.246 e. The van der Waals surface area contributed by atoms with Gasteiger partial charge in [-0.2, -0.15) is 12.6 Å². The number of thiol groups is 1. The number of likely N-dealkylation sites (tertiary alicyclic amines) is 2. The Hall–Kier alpha value is -8.01. The van der Waals surface area contributed by atoms with Gasteiger partial charge >= 0.3 is 0 Å². The number of aliphatic hydroxyl groups excluding tert-OH is 3. The second-order valence-corrected chi connectivity index (χ2v) is 24.4. The Kier molecular flexibility index (Phi) is 29.0. The van der Waals surface area contributed by atoms with Gasteiger partial charge < -0.3 is 88.5 Å². The van der Waals surface area contributed by atoms with Gasteiger partial charge in [0.2, 0.25) is 70.9 Å². The lowest BCUT2D eigenvalue weighted by Crippen LogP contribution is -2.64. The number of anilines is 1. The van der Waals surface area contributed by atoms with Gasteiger partial charge in [-0.3, -0.25) is 62.4 Å². The molecule has 30 nitrogen and oxygen atoms in total. The van der Waals surface area contributed by atoms with Crippen molar-refractivity contribution in [3.8, 4) is 0 Å². The number of β-amino-alcohol motifs (C(OH)–C–C–N with tert-alkyl or cyclic N) is 1. The molecule has 3 heterocycles. The molecule has 15 N–H and O–H groups in total. The third kappa shape index (κ3) is 21.3. The van der Waals surface area contributed by atoms with Crippen LogP contribution in [0.1, 0.15) is 77.8 Å². The van der Waals surface area contributed by atoms with E-state index in [1.54, 1.807) is 38.1 Å². The van der Waals surface area contributed by atoms with Gasteiger partial charge in [0.1, 0.15) is 23.9 Å². The number of thioether (sulfide) groups is 1. The summed E-state index contributed by atoms with van der Waals surface area (Å²) in [5.41, 5.74) is 0.515. The predicted molar refractivity (Wildman–Crippen MR) is 341 cm³/mol. The number of H-pyrrole nitrogens is 1. The van der Waals surface area contributed by atoms with Gasteiger partial charge in [-0.05, 0) is 68.8 Å². The Balaban J connectivity index is 1.20. The molecule has 2 aliphatic heterocycles. The number of carbonyl (C=O) groups excluding carboxylic acids is 13. The fraction of sp³-hybridized carbons (Fsp3) is 0.550. The molecule has 0 spiro atoms. The largest absolute Gasteiger partial charge is 0.394 e. The van der Waals surface area contributed by atoms with Crippen LogP contribution in [0, 0.1) is 11.8 Å². The van der Waals surface area contributed by atoms with E-state index in [2.05, 4.69) is 76.1 Å². The summed E-state index contributed by atoms with van der Waals surface area (Å²) in [6, 6.07) is 8.35. The van der Waals surface area contributed by atoms with Crippen LogP contribution >= 0.6 is 24.4 Å². The molecule has 0 bridgehead atoms. The summed E-state index contributed by atoms with van der Waals surface area (Å²) in [7, 11) is 1.49. The molecule has 2 fully saturated rings. The van der Waals surface area contributed by atoms with Crippen molar-refractivity contribution in [2.24, 2.45) is 11.8 Å². The van der Waals surface area contributed by atoms with E-state index in [0.29, 0.717) is 34.5 Å². The number of aliphatic hydroxyl groups is 3. The topological polar surface area (TPSA) is 437 Å². The number of rotatable bonds is 36. The van der Waals surface area contributed by atoms with Crippen molar-refractivity contribution in [2.75, 3.05) is 71.0 Å². The maximum absolute atomic E-state index is 14.9. The summed E-state index contributed by atoms with van der Waals surface area (Å²) in [6.07, 6.45) is -0.455. The first-order valence-corrected chi connectivity index (χ1v) is 31.9. The summed E-state index contributed by atoms with van der Waals surface area (Å²) in [6.45, 7) is 4.87. The molecule has 2 aromatic carbocycles. The molecule has 11 atom stereocenters. The van der Waals surface area contributed by atoms with Crippen molar-refractivity contribution in [3.05, 3.63) is 59.7 Å². The lowest BCUT2D eigenvalue weighted by atomic mass is 9.89. The molecule has 12 amide bonds. The van der Waals surface area contributed by atoms with Gasteiger partial charge in [-0.1, -0.05) is 57.5 Å². The van der Waals surface area contributed by atoms with Crippen LogP contribution in [0.5, 0.6) is 0 Å². The zero-order chi connectivity index (χ0) is 68.0. The highest BCUT2D eigenvalue weighted by atomic mass is 32.2. The number of hydrogen-bond donors (Lipinski definition) is 16. The van der Waals surface area contributed by atoms with E-state index in [0.717, 1.165) is 15.8 Å². The van der Waals surface area contributed by atoms with Gasteiger partial charge in [-0.25, -0.2) is 0 Å². The first-order valence-electron chi connectivity index (χ1n) is 30.1. The second kappa shape index (κ2) is 35.7. The summed E-state index contributed by atoms with van der Waals surface area (Å²) in [5, 5.41) is 61.9. The maximum Gasteiger partial charge on any atom is 0.246 e. The maximum atomic E-state index is 14.9. The molecule has 1 aromatic heterocycles. The molecule has 2 aliphatic rings. The van der Waals surface area contributed by atoms with Crippen LogP contribution in [0.3, 0.4) is 0 Å². The Bertz CT molecular complexity index is 3150. The molecule has 0 saturated carbocycles. The zero-order valence-electron chi connectivity index (χ0n) is 52.5. The summed E-state index contributed by atoms with van der Waals surface area (Å²) in [5.74, 6) is -9.01. The third-order valence-corrected chi connectivity index (χ3v) is 17.2. The quantitative estimate of drug-likeness (QED) is 0.0117. The molecular weight excluding hydrogens is 1240 g/mol. The van der Waals surface area contributed by atoms with E-state index in [-0.39, 0.29) is 64.8 Å². The Labute approximate surface area is 541 Å². The minimum absolute atomic E-state index is 0.0252. The van der Waals surface area contributed by atoms with Crippen molar-refractivity contribution < 1.29 is 77.6 Å². The average Bonchev–Trinajstić information content (AvgIpc) is 1.62. The normalized spacial score (nSPS) is 18.4. The van der Waals surface area contributed by atoms with Crippen molar-refractivity contribution >= 4 is 118 Å². The highest BCUT2D eigenvalue weighted by Crippen LogP contribution is 2.32. The van der Waals surface area contributed by atoms with Crippen molar-refractivity contribution in [1.29, 1.82) is 0 Å². The first kappa shape index (κ1) is 74.7. The molecule has 2 saturated heterocycles. The van der Waals surface area contributed by atoms with Gasteiger partial charge in [-0.15, -0.1) is 11.8 Å². The number of aromatic amines is 1. The molecule has 0 radical (unpaired) electrons. The van der Waals surface area contributed by atoms with E-state index in [4.69, 9.17) is 0 Å². The molecule has 32 heteroatoms. The zero-order valence-corrected chi connectivity index (χ0v) is 54.2. The molecular formula is C60H86N14O16S2. The van der Waals surface area contributed by atoms with Crippen LogP contribution in [0.15, 0.2) is 53.6 Å². The highest BCUT2D eigenvalue weighted by molar-refractivity contribution is 7.98. The van der Waals surface area contributed by atoms with E-state index >= 15 is 0 Å². The van der Waals surface area contributed by atoms with Crippen LogP contribution < -0.4 is 58.5 Å². The summed E-state index contributed by atoms with van der Waals surface area (Å²) >= 11 is 5.41. The van der Waals surface area contributed by atoms with E-state index in [1.807, 2.05) is 30.5 Å². The SMILES string of the molecule is CC[C@H](C)[C@H](NC(=O)CNC(=O)C(C)(Cc1c(SC)[nH]c2ccccc12)NC(=O)[C@@H](NC[C@@H]1C[C@@H](O)CN1C(=O)[C@H](CC(=O)NCc1ccc(NC(=O)[C@H](C)NC(=O)CNC(=O)CCN2C(=O)CC(S)C2=O)cc1)NC)[C@@H](C)[C@@H](O)CO)C(=O)NCC(=O)NCC=O. The van der Waals surface area contributed by atoms with Crippen LogP contribution in [0.4, 0.5) is 5.69 Å². The fourth-order valence-corrected chi connectivity index (χ4v) is 11.3. The number of benzene rings is 2. The number of aldehydes is 1. The molecule has 504 valence electrons. The van der Waals surface area contributed by atoms with E-state index < -0.39 is 162 Å². The monoisotopic (exact) mass is 1320 g/mol.